The van der Waals surface area contributed by atoms with E-state index in [1.165, 1.54) is 0 Å². The average Bonchev–Trinajstić information content (AvgIpc) is 2.49. The van der Waals surface area contributed by atoms with E-state index in [1.54, 1.807) is 49.4 Å². The van der Waals surface area contributed by atoms with Crippen LogP contribution in [0.1, 0.15) is 6.92 Å². The minimum atomic E-state index is -0.705. The standard InChI is InChI=1S/C17H18Cl2N2O2/c1-11(23-15-10-5-4-7-12(15)18)17(22)20-14-9-6-8-13(19)16(14)21(2)3/h4-11H,1-3H3,(H,20,22). The number of halogens is 2. The molecule has 0 aromatic heterocycles. The highest BCUT2D eigenvalue weighted by molar-refractivity contribution is 6.34. The highest BCUT2D eigenvalue weighted by Crippen LogP contribution is 2.32. The monoisotopic (exact) mass is 352 g/mol. The SMILES string of the molecule is CC(Oc1ccccc1Cl)C(=O)Nc1cccc(Cl)c1N(C)C. The molecule has 0 bridgehead atoms. The van der Waals surface area contributed by atoms with E-state index >= 15 is 0 Å². The second-order valence-corrected chi connectivity index (χ2v) is 6.02. The smallest absolute Gasteiger partial charge is 0.265 e. The van der Waals surface area contributed by atoms with Gasteiger partial charge in [-0.1, -0.05) is 41.4 Å². The molecule has 0 saturated heterocycles. The first-order valence-electron chi connectivity index (χ1n) is 7.08. The van der Waals surface area contributed by atoms with Crippen LogP contribution in [0.15, 0.2) is 42.5 Å². The van der Waals surface area contributed by atoms with Crippen molar-refractivity contribution < 1.29 is 9.53 Å². The van der Waals surface area contributed by atoms with E-state index in [2.05, 4.69) is 5.32 Å². The fraction of sp³-hybridized carbons (Fsp3) is 0.235. The van der Waals surface area contributed by atoms with Crippen LogP contribution in [-0.2, 0) is 4.79 Å². The minimum Gasteiger partial charge on any atom is -0.479 e. The van der Waals surface area contributed by atoms with E-state index in [1.807, 2.05) is 19.0 Å². The lowest BCUT2D eigenvalue weighted by Crippen LogP contribution is -2.30. The van der Waals surface area contributed by atoms with Crippen LogP contribution >= 0.6 is 23.2 Å². The van der Waals surface area contributed by atoms with Crippen LogP contribution in [0.4, 0.5) is 11.4 Å². The third-order valence-corrected chi connectivity index (χ3v) is 3.82. The van der Waals surface area contributed by atoms with Crippen molar-refractivity contribution in [2.24, 2.45) is 0 Å². The van der Waals surface area contributed by atoms with E-state index in [4.69, 9.17) is 27.9 Å². The summed E-state index contributed by atoms with van der Waals surface area (Å²) in [6.07, 6.45) is -0.705. The van der Waals surface area contributed by atoms with Crippen molar-refractivity contribution in [1.29, 1.82) is 0 Å². The molecule has 0 heterocycles. The first kappa shape index (κ1) is 17.4. The molecule has 1 unspecified atom stereocenters. The second kappa shape index (κ2) is 7.57. The van der Waals surface area contributed by atoms with Crippen molar-refractivity contribution >= 4 is 40.5 Å². The quantitative estimate of drug-likeness (QED) is 0.863. The number of hydrogen-bond acceptors (Lipinski definition) is 3. The van der Waals surface area contributed by atoms with E-state index in [9.17, 15) is 4.79 Å². The number of hydrogen-bond donors (Lipinski definition) is 1. The van der Waals surface area contributed by atoms with Crippen molar-refractivity contribution in [3.8, 4) is 5.75 Å². The van der Waals surface area contributed by atoms with Crippen LogP contribution in [0, 0.1) is 0 Å². The van der Waals surface area contributed by atoms with Gasteiger partial charge in [0.2, 0.25) is 0 Å². The summed E-state index contributed by atoms with van der Waals surface area (Å²) in [6, 6.07) is 12.4. The second-order valence-electron chi connectivity index (χ2n) is 5.21. The van der Waals surface area contributed by atoms with Gasteiger partial charge in [0.25, 0.3) is 5.91 Å². The van der Waals surface area contributed by atoms with Gasteiger partial charge in [0.1, 0.15) is 5.75 Å². The van der Waals surface area contributed by atoms with Crippen LogP contribution in [0.3, 0.4) is 0 Å². The summed E-state index contributed by atoms with van der Waals surface area (Å²) in [6.45, 7) is 1.67. The number of anilines is 2. The lowest BCUT2D eigenvalue weighted by atomic mass is 10.2. The van der Waals surface area contributed by atoms with Gasteiger partial charge in [0.05, 0.1) is 21.4 Å². The van der Waals surface area contributed by atoms with Gasteiger partial charge in [0.15, 0.2) is 6.10 Å². The predicted octanol–water partition coefficient (Wildman–Crippen LogP) is 4.47. The molecule has 0 aliphatic heterocycles. The molecule has 0 spiro atoms. The Morgan fingerprint density at radius 3 is 2.39 bits per heavy atom. The Morgan fingerprint density at radius 1 is 1.09 bits per heavy atom. The normalized spacial score (nSPS) is 11.7. The Labute approximate surface area is 146 Å². The topological polar surface area (TPSA) is 41.6 Å². The number of benzene rings is 2. The molecule has 0 fully saturated rings. The lowest BCUT2D eigenvalue weighted by molar-refractivity contribution is -0.122. The molecule has 1 atom stereocenters. The maximum absolute atomic E-state index is 12.4. The molecule has 0 saturated carbocycles. The largest absolute Gasteiger partial charge is 0.479 e. The number of carbonyl (C=O) groups is 1. The number of ether oxygens (including phenoxy) is 1. The molecule has 0 aliphatic rings. The molecule has 0 radical (unpaired) electrons. The summed E-state index contributed by atoms with van der Waals surface area (Å²) >= 11 is 12.2. The highest BCUT2D eigenvalue weighted by Gasteiger charge is 2.18. The Balaban J connectivity index is 2.13. The maximum atomic E-state index is 12.4. The molecular formula is C17H18Cl2N2O2. The molecule has 0 aliphatic carbocycles. The van der Waals surface area contributed by atoms with Crippen molar-refractivity contribution in [3.63, 3.8) is 0 Å². The zero-order chi connectivity index (χ0) is 17.0. The first-order valence-corrected chi connectivity index (χ1v) is 7.83. The number of amides is 1. The Morgan fingerprint density at radius 2 is 1.74 bits per heavy atom. The fourth-order valence-corrected chi connectivity index (χ4v) is 2.61. The summed E-state index contributed by atoms with van der Waals surface area (Å²) in [5.41, 5.74) is 1.37. The zero-order valence-corrected chi connectivity index (χ0v) is 14.7. The Hall–Kier alpha value is -1.91. The summed E-state index contributed by atoms with van der Waals surface area (Å²) < 4.78 is 5.62. The van der Waals surface area contributed by atoms with E-state index in [0.717, 1.165) is 5.69 Å². The summed E-state index contributed by atoms with van der Waals surface area (Å²) in [5.74, 6) is 0.186. The third kappa shape index (κ3) is 4.30. The number of nitrogens with zero attached hydrogens (tertiary/aromatic N) is 1. The van der Waals surface area contributed by atoms with E-state index < -0.39 is 6.10 Å². The molecule has 2 aromatic carbocycles. The van der Waals surface area contributed by atoms with Crippen LogP contribution in [-0.4, -0.2) is 26.1 Å². The number of para-hydroxylation sites is 2. The summed E-state index contributed by atoms with van der Waals surface area (Å²) in [4.78, 5) is 14.2. The summed E-state index contributed by atoms with van der Waals surface area (Å²) in [7, 11) is 3.72. The molecule has 6 heteroatoms. The van der Waals surface area contributed by atoms with Crippen LogP contribution < -0.4 is 15.0 Å². The number of rotatable bonds is 5. The van der Waals surface area contributed by atoms with Gasteiger partial charge in [-0.15, -0.1) is 0 Å². The lowest BCUT2D eigenvalue weighted by Gasteiger charge is -2.21. The van der Waals surface area contributed by atoms with E-state index in [0.29, 0.717) is 21.5 Å². The molecule has 1 amide bonds. The van der Waals surface area contributed by atoms with Crippen LogP contribution in [0.5, 0.6) is 5.75 Å². The van der Waals surface area contributed by atoms with Gasteiger partial charge in [-0.3, -0.25) is 4.79 Å². The molecule has 23 heavy (non-hydrogen) atoms. The van der Waals surface area contributed by atoms with Crippen molar-refractivity contribution in [1.82, 2.24) is 0 Å². The van der Waals surface area contributed by atoms with E-state index in [-0.39, 0.29) is 5.91 Å². The fourth-order valence-electron chi connectivity index (χ4n) is 2.09. The van der Waals surface area contributed by atoms with Gasteiger partial charge in [0, 0.05) is 14.1 Å². The van der Waals surface area contributed by atoms with Gasteiger partial charge < -0.3 is 15.0 Å². The average molecular weight is 353 g/mol. The Bertz CT molecular complexity index is 705. The third-order valence-electron chi connectivity index (χ3n) is 3.20. The minimum absolute atomic E-state index is 0.282. The molecule has 2 rings (SSSR count). The molecule has 4 nitrogen and oxygen atoms in total. The van der Waals surface area contributed by atoms with Gasteiger partial charge in [-0.05, 0) is 31.2 Å². The highest BCUT2D eigenvalue weighted by atomic mass is 35.5. The van der Waals surface area contributed by atoms with Gasteiger partial charge >= 0.3 is 0 Å². The zero-order valence-electron chi connectivity index (χ0n) is 13.1. The number of nitrogens with one attached hydrogen (secondary N) is 1. The Kier molecular flexibility index (Phi) is 5.74. The molecule has 2 aromatic rings. The van der Waals surface area contributed by atoms with Crippen LogP contribution in [0.25, 0.3) is 0 Å². The molecule has 122 valence electrons. The summed E-state index contributed by atoms with van der Waals surface area (Å²) in [5, 5.41) is 3.86. The predicted molar refractivity (Wildman–Crippen MR) is 96.0 cm³/mol. The molecule has 1 N–H and O–H groups in total. The van der Waals surface area contributed by atoms with Crippen molar-refractivity contribution in [2.75, 3.05) is 24.3 Å². The van der Waals surface area contributed by atoms with Gasteiger partial charge in [-0.25, -0.2) is 0 Å². The maximum Gasteiger partial charge on any atom is 0.265 e. The van der Waals surface area contributed by atoms with Crippen LogP contribution in [0.2, 0.25) is 10.0 Å². The van der Waals surface area contributed by atoms with Crippen molar-refractivity contribution in [2.45, 2.75) is 13.0 Å². The van der Waals surface area contributed by atoms with Gasteiger partial charge in [-0.2, -0.15) is 0 Å². The molecular weight excluding hydrogens is 335 g/mol. The number of carbonyl (C=O) groups excluding carboxylic acids is 1. The van der Waals surface area contributed by atoms with Crippen molar-refractivity contribution in [3.05, 3.63) is 52.5 Å². The first-order chi connectivity index (χ1) is 10.9.